The highest BCUT2D eigenvalue weighted by Crippen LogP contribution is 2.21. The van der Waals surface area contributed by atoms with E-state index < -0.39 is 0 Å². The van der Waals surface area contributed by atoms with Crippen molar-refractivity contribution < 1.29 is 4.79 Å². The van der Waals surface area contributed by atoms with Crippen LogP contribution in [0.3, 0.4) is 0 Å². The summed E-state index contributed by atoms with van der Waals surface area (Å²) >= 11 is 5.90. The zero-order valence-electron chi connectivity index (χ0n) is 10.8. The van der Waals surface area contributed by atoms with E-state index in [4.69, 9.17) is 11.6 Å². The molecule has 0 spiro atoms. The van der Waals surface area contributed by atoms with Gasteiger partial charge in [0.05, 0.1) is 6.04 Å². The fourth-order valence-corrected chi connectivity index (χ4v) is 2.61. The minimum Gasteiger partial charge on any atom is -0.324 e. The Bertz CT molecular complexity index is 447. The fraction of sp³-hybridized carbons (Fsp3) is 0.500. The average molecular weight is 267 g/mol. The molecule has 1 saturated heterocycles. The molecular weight excluding hydrogens is 248 g/mol. The number of aryl methyl sites for hydroxylation is 1. The fourth-order valence-electron chi connectivity index (χ4n) is 2.38. The number of hydrogen-bond donors (Lipinski definition) is 2. The Labute approximate surface area is 113 Å². The molecule has 0 aromatic heterocycles. The molecule has 1 fully saturated rings. The minimum atomic E-state index is -0.0890. The van der Waals surface area contributed by atoms with E-state index in [2.05, 4.69) is 17.6 Å². The van der Waals surface area contributed by atoms with E-state index in [1.165, 1.54) is 0 Å². The molecule has 1 heterocycles. The summed E-state index contributed by atoms with van der Waals surface area (Å²) in [6, 6.07) is 5.41. The molecule has 3 nitrogen and oxygen atoms in total. The number of anilines is 1. The van der Waals surface area contributed by atoms with Gasteiger partial charge >= 0.3 is 0 Å². The third-order valence-electron chi connectivity index (χ3n) is 3.50. The summed E-state index contributed by atoms with van der Waals surface area (Å²) in [7, 11) is 0. The van der Waals surface area contributed by atoms with Crippen LogP contribution in [0, 0.1) is 12.8 Å². The van der Waals surface area contributed by atoms with Crippen LogP contribution < -0.4 is 10.6 Å². The quantitative estimate of drug-likeness (QED) is 0.864. The zero-order valence-corrected chi connectivity index (χ0v) is 11.6. The summed E-state index contributed by atoms with van der Waals surface area (Å²) in [4.78, 5) is 12.2. The highest BCUT2D eigenvalue weighted by atomic mass is 35.5. The van der Waals surface area contributed by atoms with Gasteiger partial charge in [0.25, 0.3) is 0 Å². The van der Waals surface area contributed by atoms with E-state index in [1.807, 2.05) is 19.1 Å². The maximum atomic E-state index is 12.2. The van der Waals surface area contributed by atoms with Crippen molar-refractivity contribution in [3.63, 3.8) is 0 Å². The molecule has 1 aliphatic rings. The topological polar surface area (TPSA) is 41.1 Å². The number of carbonyl (C=O) groups excluding carboxylic acids is 1. The second kappa shape index (κ2) is 5.72. The molecule has 0 bridgehead atoms. The first-order chi connectivity index (χ1) is 8.58. The molecule has 2 atom stereocenters. The Hall–Kier alpha value is -1.06. The molecule has 0 radical (unpaired) electrons. The molecule has 2 unspecified atom stereocenters. The van der Waals surface area contributed by atoms with Crippen molar-refractivity contribution in [3.8, 4) is 0 Å². The third kappa shape index (κ3) is 3.03. The molecule has 2 rings (SSSR count). The van der Waals surface area contributed by atoms with E-state index in [9.17, 15) is 4.79 Å². The number of piperidine rings is 1. The van der Waals surface area contributed by atoms with E-state index >= 15 is 0 Å². The summed E-state index contributed by atoms with van der Waals surface area (Å²) in [6.07, 6.45) is 2.25. The highest BCUT2D eigenvalue weighted by Gasteiger charge is 2.27. The molecule has 1 aliphatic heterocycles. The van der Waals surface area contributed by atoms with Crippen molar-refractivity contribution in [2.45, 2.75) is 32.7 Å². The maximum absolute atomic E-state index is 12.2. The van der Waals surface area contributed by atoms with Crippen LogP contribution in [0.1, 0.15) is 25.3 Å². The van der Waals surface area contributed by atoms with Crippen molar-refractivity contribution in [3.05, 3.63) is 28.8 Å². The molecule has 18 heavy (non-hydrogen) atoms. The normalized spacial score (nSPS) is 23.7. The molecule has 4 heteroatoms. The monoisotopic (exact) mass is 266 g/mol. The van der Waals surface area contributed by atoms with Gasteiger partial charge < -0.3 is 10.6 Å². The van der Waals surface area contributed by atoms with Gasteiger partial charge in [-0.15, -0.1) is 0 Å². The van der Waals surface area contributed by atoms with Gasteiger partial charge in [-0.2, -0.15) is 0 Å². The Morgan fingerprint density at radius 2 is 2.28 bits per heavy atom. The molecule has 2 N–H and O–H groups in total. The van der Waals surface area contributed by atoms with Gasteiger partial charge in [0.15, 0.2) is 0 Å². The smallest absolute Gasteiger partial charge is 0.241 e. The lowest BCUT2D eigenvalue weighted by Gasteiger charge is -2.29. The van der Waals surface area contributed by atoms with Crippen molar-refractivity contribution >= 4 is 23.2 Å². The summed E-state index contributed by atoms with van der Waals surface area (Å²) in [5.74, 6) is 0.430. The van der Waals surface area contributed by atoms with Gasteiger partial charge in [0, 0.05) is 10.7 Å². The van der Waals surface area contributed by atoms with Gasteiger partial charge in [-0.1, -0.05) is 18.5 Å². The second-order valence-corrected chi connectivity index (χ2v) is 5.44. The first kappa shape index (κ1) is 13.4. The van der Waals surface area contributed by atoms with Gasteiger partial charge in [-0.25, -0.2) is 0 Å². The van der Waals surface area contributed by atoms with E-state index in [1.54, 1.807) is 6.07 Å². The van der Waals surface area contributed by atoms with Crippen molar-refractivity contribution in [1.29, 1.82) is 0 Å². The van der Waals surface area contributed by atoms with Crippen LogP contribution in [0.5, 0.6) is 0 Å². The molecule has 0 saturated carbocycles. The lowest BCUT2D eigenvalue weighted by atomic mass is 9.92. The van der Waals surface area contributed by atoms with Crippen LogP contribution >= 0.6 is 11.6 Å². The SMILES string of the molecule is Cc1cc(Cl)ccc1NC(=O)C1NCCCC1C. The maximum Gasteiger partial charge on any atom is 0.241 e. The van der Waals surface area contributed by atoms with Crippen molar-refractivity contribution in [2.24, 2.45) is 5.92 Å². The molecule has 98 valence electrons. The molecule has 1 aromatic carbocycles. The zero-order chi connectivity index (χ0) is 13.1. The summed E-state index contributed by atoms with van der Waals surface area (Å²) in [5, 5.41) is 6.95. The summed E-state index contributed by atoms with van der Waals surface area (Å²) < 4.78 is 0. The molecule has 0 aliphatic carbocycles. The van der Waals surface area contributed by atoms with E-state index in [-0.39, 0.29) is 11.9 Å². The minimum absolute atomic E-state index is 0.0487. The van der Waals surface area contributed by atoms with Crippen LogP contribution in [0.15, 0.2) is 18.2 Å². The van der Waals surface area contributed by atoms with Crippen molar-refractivity contribution in [1.82, 2.24) is 5.32 Å². The Kier molecular flexibility index (Phi) is 4.25. The van der Waals surface area contributed by atoms with E-state index in [0.717, 1.165) is 30.6 Å². The first-order valence-corrected chi connectivity index (χ1v) is 6.76. The predicted octanol–water partition coefficient (Wildman–Crippen LogP) is 2.98. The van der Waals surface area contributed by atoms with Crippen molar-refractivity contribution in [2.75, 3.05) is 11.9 Å². The largest absolute Gasteiger partial charge is 0.324 e. The summed E-state index contributed by atoms with van der Waals surface area (Å²) in [6.45, 7) is 4.98. The number of carbonyl (C=O) groups is 1. The van der Waals surface area contributed by atoms with Crippen LogP contribution in [0.2, 0.25) is 5.02 Å². The first-order valence-electron chi connectivity index (χ1n) is 6.38. The lowest BCUT2D eigenvalue weighted by molar-refractivity contribution is -0.119. The van der Waals surface area contributed by atoms with Gasteiger partial charge in [0.2, 0.25) is 5.91 Å². The molecule has 1 amide bonds. The third-order valence-corrected chi connectivity index (χ3v) is 3.73. The van der Waals surface area contributed by atoms with Crippen LogP contribution in [-0.2, 0) is 4.79 Å². The number of rotatable bonds is 2. The number of amides is 1. The summed E-state index contributed by atoms with van der Waals surface area (Å²) in [5.41, 5.74) is 1.82. The van der Waals surface area contributed by atoms with E-state index in [0.29, 0.717) is 10.9 Å². The highest BCUT2D eigenvalue weighted by molar-refractivity contribution is 6.30. The van der Waals surface area contributed by atoms with Crippen LogP contribution in [0.25, 0.3) is 0 Å². The second-order valence-electron chi connectivity index (χ2n) is 5.00. The Balaban J connectivity index is 2.06. The average Bonchev–Trinajstić information content (AvgIpc) is 2.33. The molecule has 1 aromatic rings. The number of benzene rings is 1. The van der Waals surface area contributed by atoms with Gasteiger partial charge in [0.1, 0.15) is 0 Å². The lowest BCUT2D eigenvalue weighted by Crippen LogP contribution is -2.48. The number of nitrogens with one attached hydrogen (secondary N) is 2. The Morgan fingerprint density at radius 3 is 2.94 bits per heavy atom. The van der Waals surface area contributed by atoms with Crippen LogP contribution in [-0.4, -0.2) is 18.5 Å². The standard InChI is InChI=1S/C14H19ClN2O/c1-9-4-3-7-16-13(9)14(18)17-12-6-5-11(15)8-10(12)2/h5-6,8-9,13,16H,3-4,7H2,1-2H3,(H,17,18). The van der Waals surface area contributed by atoms with Gasteiger partial charge in [-0.3, -0.25) is 4.79 Å². The Morgan fingerprint density at radius 1 is 1.50 bits per heavy atom. The number of hydrogen-bond acceptors (Lipinski definition) is 2. The van der Waals surface area contributed by atoms with Gasteiger partial charge in [-0.05, 0) is 56.0 Å². The van der Waals surface area contributed by atoms with Crippen LogP contribution in [0.4, 0.5) is 5.69 Å². The molecular formula is C14H19ClN2O. The number of halogens is 1. The predicted molar refractivity (Wildman–Crippen MR) is 75.0 cm³/mol.